The Labute approximate surface area is 81.3 Å². The van der Waals surface area contributed by atoms with Crippen molar-refractivity contribution < 1.29 is 4.79 Å². The van der Waals surface area contributed by atoms with Crippen LogP contribution in [0, 0.1) is 5.92 Å². The lowest BCUT2D eigenvalue weighted by Gasteiger charge is -2.35. The molecule has 0 radical (unpaired) electrons. The molecule has 1 amide bonds. The van der Waals surface area contributed by atoms with Gasteiger partial charge in [0.25, 0.3) is 0 Å². The predicted molar refractivity (Wildman–Crippen MR) is 54.5 cm³/mol. The van der Waals surface area contributed by atoms with Crippen molar-refractivity contribution in [1.82, 2.24) is 4.90 Å². The summed E-state index contributed by atoms with van der Waals surface area (Å²) in [4.78, 5) is 13.0. The number of β-lactam (4-membered cyclic amide) rings is 1. The van der Waals surface area contributed by atoms with E-state index in [0.717, 1.165) is 13.0 Å². The van der Waals surface area contributed by atoms with Gasteiger partial charge >= 0.3 is 0 Å². The van der Waals surface area contributed by atoms with Crippen LogP contribution in [0.1, 0.15) is 45.4 Å². The summed E-state index contributed by atoms with van der Waals surface area (Å²) < 4.78 is 0. The zero-order chi connectivity index (χ0) is 9.68. The molecule has 1 aliphatic heterocycles. The summed E-state index contributed by atoms with van der Waals surface area (Å²) >= 11 is 0. The van der Waals surface area contributed by atoms with E-state index in [1.165, 1.54) is 32.1 Å². The fourth-order valence-electron chi connectivity index (χ4n) is 1.91. The molecule has 0 saturated carbocycles. The molecule has 0 spiro atoms. The Balaban J connectivity index is 1.92. The molecule has 0 aromatic rings. The van der Waals surface area contributed by atoms with Crippen LogP contribution in [0.25, 0.3) is 0 Å². The van der Waals surface area contributed by atoms with Crippen LogP contribution in [0.4, 0.5) is 0 Å². The number of likely N-dealkylation sites (tertiary alicyclic amines) is 1. The Kier molecular flexibility index (Phi) is 4.26. The highest BCUT2D eigenvalue weighted by molar-refractivity contribution is 5.84. The lowest BCUT2D eigenvalue weighted by atomic mass is 9.93. The van der Waals surface area contributed by atoms with Crippen molar-refractivity contribution in [2.75, 3.05) is 13.6 Å². The van der Waals surface area contributed by atoms with Crippen molar-refractivity contribution in [2.45, 2.75) is 45.4 Å². The number of hydrogen-bond acceptors (Lipinski definition) is 1. The monoisotopic (exact) mass is 183 g/mol. The molecule has 1 heterocycles. The van der Waals surface area contributed by atoms with Gasteiger partial charge in [-0.3, -0.25) is 4.79 Å². The molecule has 76 valence electrons. The van der Waals surface area contributed by atoms with E-state index in [1.807, 2.05) is 11.9 Å². The minimum atomic E-state index is 0.357. The normalized spacial score (nSPS) is 21.8. The first-order chi connectivity index (χ1) is 6.25. The molecular formula is C11H21NO. The first-order valence-corrected chi connectivity index (χ1v) is 5.50. The van der Waals surface area contributed by atoms with E-state index in [-0.39, 0.29) is 0 Å². The van der Waals surface area contributed by atoms with Crippen molar-refractivity contribution in [3.05, 3.63) is 0 Å². The van der Waals surface area contributed by atoms with E-state index >= 15 is 0 Å². The molecule has 1 aliphatic rings. The van der Waals surface area contributed by atoms with Crippen LogP contribution >= 0.6 is 0 Å². The summed E-state index contributed by atoms with van der Waals surface area (Å²) in [6, 6.07) is 0. The number of rotatable bonds is 6. The zero-order valence-electron chi connectivity index (χ0n) is 8.88. The van der Waals surface area contributed by atoms with Crippen molar-refractivity contribution in [2.24, 2.45) is 5.92 Å². The van der Waals surface area contributed by atoms with Crippen LogP contribution in [0.5, 0.6) is 0 Å². The number of carbonyl (C=O) groups is 1. The summed E-state index contributed by atoms with van der Waals surface area (Å²) in [6.45, 7) is 3.22. The standard InChI is InChI=1S/C11H21NO/c1-3-4-5-6-7-8-10-9-12(2)11(10)13/h10H,3-9H2,1-2H3. The molecule has 0 aliphatic carbocycles. The van der Waals surface area contributed by atoms with Gasteiger partial charge in [-0.1, -0.05) is 39.0 Å². The maximum absolute atomic E-state index is 11.2. The summed E-state index contributed by atoms with van der Waals surface area (Å²) in [5.41, 5.74) is 0. The van der Waals surface area contributed by atoms with Gasteiger partial charge in [-0.15, -0.1) is 0 Å². The first-order valence-electron chi connectivity index (χ1n) is 5.50. The fraction of sp³-hybridized carbons (Fsp3) is 0.909. The van der Waals surface area contributed by atoms with Crippen molar-refractivity contribution in [3.63, 3.8) is 0 Å². The lowest BCUT2D eigenvalue weighted by Crippen LogP contribution is -2.49. The van der Waals surface area contributed by atoms with Gasteiger partial charge in [-0.2, -0.15) is 0 Å². The van der Waals surface area contributed by atoms with E-state index in [2.05, 4.69) is 6.92 Å². The van der Waals surface area contributed by atoms with Crippen LogP contribution in [0.15, 0.2) is 0 Å². The molecule has 0 N–H and O–H groups in total. The zero-order valence-corrected chi connectivity index (χ0v) is 8.88. The first kappa shape index (κ1) is 10.6. The highest BCUT2D eigenvalue weighted by Gasteiger charge is 2.32. The fourth-order valence-corrected chi connectivity index (χ4v) is 1.91. The Morgan fingerprint density at radius 1 is 1.31 bits per heavy atom. The third-order valence-electron chi connectivity index (χ3n) is 2.88. The molecule has 0 aromatic heterocycles. The maximum atomic E-state index is 11.2. The predicted octanol–water partition coefficient (Wildman–Crippen LogP) is 2.44. The number of unbranched alkanes of at least 4 members (excludes halogenated alkanes) is 4. The van der Waals surface area contributed by atoms with Crippen LogP contribution in [0.3, 0.4) is 0 Å². The van der Waals surface area contributed by atoms with E-state index in [1.54, 1.807) is 0 Å². The van der Waals surface area contributed by atoms with Gasteiger partial charge in [-0.05, 0) is 6.42 Å². The van der Waals surface area contributed by atoms with Gasteiger partial charge in [0, 0.05) is 13.6 Å². The average molecular weight is 183 g/mol. The van der Waals surface area contributed by atoms with Crippen molar-refractivity contribution in [3.8, 4) is 0 Å². The summed E-state index contributed by atoms with van der Waals surface area (Å²) in [7, 11) is 1.88. The molecule has 2 heteroatoms. The Morgan fingerprint density at radius 2 is 2.00 bits per heavy atom. The summed E-state index contributed by atoms with van der Waals surface area (Å²) in [6.07, 6.45) is 7.65. The lowest BCUT2D eigenvalue weighted by molar-refractivity contribution is -0.145. The highest BCUT2D eigenvalue weighted by atomic mass is 16.2. The molecule has 1 atom stereocenters. The topological polar surface area (TPSA) is 20.3 Å². The third-order valence-corrected chi connectivity index (χ3v) is 2.88. The molecule has 0 aromatic carbocycles. The van der Waals surface area contributed by atoms with Crippen molar-refractivity contribution in [1.29, 1.82) is 0 Å². The van der Waals surface area contributed by atoms with Crippen LogP contribution in [-0.2, 0) is 4.79 Å². The quantitative estimate of drug-likeness (QED) is 0.457. The molecule has 0 bridgehead atoms. The number of amides is 1. The van der Waals surface area contributed by atoms with Gasteiger partial charge in [-0.25, -0.2) is 0 Å². The smallest absolute Gasteiger partial charge is 0.227 e. The molecule has 1 fully saturated rings. The third kappa shape index (κ3) is 3.02. The van der Waals surface area contributed by atoms with Gasteiger partial charge in [0.1, 0.15) is 0 Å². The molecule has 1 rings (SSSR count). The van der Waals surface area contributed by atoms with Gasteiger partial charge in [0.2, 0.25) is 5.91 Å². The maximum Gasteiger partial charge on any atom is 0.227 e. The second-order valence-electron chi connectivity index (χ2n) is 4.12. The average Bonchev–Trinajstić information content (AvgIpc) is 2.15. The van der Waals surface area contributed by atoms with E-state index in [4.69, 9.17) is 0 Å². The van der Waals surface area contributed by atoms with E-state index in [9.17, 15) is 4.79 Å². The SMILES string of the molecule is CCCCCCCC1CN(C)C1=O. The Morgan fingerprint density at radius 3 is 2.54 bits per heavy atom. The second kappa shape index (κ2) is 5.25. The van der Waals surface area contributed by atoms with E-state index in [0.29, 0.717) is 11.8 Å². The van der Waals surface area contributed by atoms with Crippen LogP contribution in [-0.4, -0.2) is 24.4 Å². The number of carbonyl (C=O) groups excluding carboxylic acids is 1. The van der Waals surface area contributed by atoms with Crippen LogP contribution < -0.4 is 0 Å². The summed E-state index contributed by atoms with van der Waals surface area (Å²) in [5.74, 6) is 0.724. The Hall–Kier alpha value is -0.530. The molecular weight excluding hydrogens is 162 g/mol. The molecule has 1 saturated heterocycles. The van der Waals surface area contributed by atoms with Gasteiger partial charge < -0.3 is 4.90 Å². The highest BCUT2D eigenvalue weighted by Crippen LogP contribution is 2.21. The Bertz CT molecular complexity index is 167. The minimum absolute atomic E-state index is 0.357. The molecule has 13 heavy (non-hydrogen) atoms. The van der Waals surface area contributed by atoms with Gasteiger partial charge in [0.05, 0.1) is 5.92 Å². The van der Waals surface area contributed by atoms with E-state index < -0.39 is 0 Å². The molecule has 1 unspecified atom stereocenters. The van der Waals surface area contributed by atoms with Gasteiger partial charge in [0.15, 0.2) is 0 Å². The summed E-state index contributed by atoms with van der Waals surface area (Å²) in [5, 5.41) is 0. The van der Waals surface area contributed by atoms with Crippen molar-refractivity contribution >= 4 is 5.91 Å². The largest absolute Gasteiger partial charge is 0.345 e. The molecule has 2 nitrogen and oxygen atoms in total. The number of hydrogen-bond donors (Lipinski definition) is 0. The second-order valence-corrected chi connectivity index (χ2v) is 4.12. The van der Waals surface area contributed by atoms with Crippen LogP contribution in [0.2, 0.25) is 0 Å². The minimum Gasteiger partial charge on any atom is -0.345 e. The number of nitrogens with zero attached hydrogens (tertiary/aromatic N) is 1.